The van der Waals surface area contributed by atoms with Crippen LogP contribution in [-0.4, -0.2) is 11.1 Å². The standard InChI is InChI=1S/C11H8FNO3/c12-8-2-1-6(13)5-7(8)9-3-4-10(16-9)11(14)15/h1-5H,13H2,(H,14,15). The van der Waals surface area contributed by atoms with Crippen LogP contribution in [0.15, 0.2) is 34.7 Å². The van der Waals surface area contributed by atoms with E-state index in [1.165, 1.54) is 30.3 Å². The number of nitrogens with two attached hydrogens (primary N) is 1. The lowest BCUT2D eigenvalue weighted by Crippen LogP contribution is -1.92. The Kier molecular flexibility index (Phi) is 2.36. The lowest BCUT2D eigenvalue weighted by Gasteiger charge is -2.00. The number of carboxylic acids is 1. The first-order valence-corrected chi connectivity index (χ1v) is 4.46. The highest BCUT2D eigenvalue weighted by molar-refractivity contribution is 5.85. The summed E-state index contributed by atoms with van der Waals surface area (Å²) in [5, 5.41) is 8.66. The monoisotopic (exact) mass is 221 g/mol. The largest absolute Gasteiger partial charge is 0.475 e. The molecule has 0 aliphatic carbocycles. The minimum atomic E-state index is -1.20. The third-order valence-electron chi connectivity index (χ3n) is 2.07. The molecule has 0 aliphatic heterocycles. The van der Waals surface area contributed by atoms with Gasteiger partial charge in [-0.2, -0.15) is 0 Å². The van der Waals surface area contributed by atoms with Crippen LogP contribution in [0, 0.1) is 5.82 Å². The Morgan fingerprint density at radius 3 is 2.69 bits per heavy atom. The summed E-state index contributed by atoms with van der Waals surface area (Å²) in [6, 6.07) is 6.66. The Hall–Kier alpha value is -2.30. The van der Waals surface area contributed by atoms with E-state index >= 15 is 0 Å². The molecule has 0 atom stereocenters. The zero-order chi connectivity index (χ0) is 11.7. The first-order chi connectivity index (χ1) is 7.58. The molecule has 0 saturated carbocycles. The number of benzene rings is 1. The molecule has 1 aromatic carbocycles. The minimum absolute atomic E-state index is 0.141. The molecule has 0 fully saturated rings. The van der Waals surface area contributed by atoms with E-state index < -0.39 is 11.8 Å². The lowest BCUT2D eigenvalue weighted by atomic mass is 10.1. The van der Waals surface area contributed by atoms with Crippen molar-refractivity contribution in [2.24, 2.45) is 0 Å². The molecule has 1 heterocycles. The number of hydrogen-bond donors (Lipinski definition) is 2. The predicted octanol–water partition coefficient (Wildman–Crippen LogP) is 2.37. The number of furan rings is 1. The zero-order valence-corrected chi connectivity index (χ0v) is 8.11. The van der Waals surface area contributed by atoms with Crippen LogP contribution in [0.2, 0.25) is 0 Å². The summed E-state index contributed by atoms with van der Waals surface area (Å²) in [4.78, 5) is 10.6. The van der Waals surface area contributed by atoms with Crippen molar-refractivity contribution in [3.63, 3.8) is 0 Å². The van der Waals surface area contributed by atoms with Gasteiger partial charge in [-0.15, -0.1) is 0 Å². The Balaban J connectivity index is 2.50. The molecule has 4 nitrogen and oxygen atoms in total. The molecule has 0 radical (unpaired) electrons. The predicted molar refractivity (Wildman–Crippen MR) is 55.5 cm³/mol. The van der Waals surface area contributed by atoms with Crippen molar-refractivity contribution in [2.45, 2.75) is 0 Å². The normalized spacial score (nSPS) is 10.3. The summed E-state index contributed by atoms with van der Waals surface area (Å²) < 4.78 is 18.4. The second-order valence-electron chi connectivity index (χ2n) is 3.21. The highest BCUT2D eigenvalue weighted by Crippen LogP contribution is 2.26. The smallest absolute Gasteiger partial charge is 0.371 e. The summed E-state index contributed by atoms with van der Waals surface area (Å²) in [6.45, 7) is 0. The van der Waals surface area contributed by atoms with Gasteiger partial charge in [-0.3, -0.25) is 0 Å². The highest BCUT2D eigenvalue weighted by atomic mass is 19.1. The number of anilines is 1. The molecular formula is C11H8FNO3. The van der Waals surface area contributed by atoms with Crippen LogP contribution in [0.4, 0.5) is 10.1 Å². The van der Waals surface area contributed by atoms with Gasteiger partial charge in [0.15, 0.2) is 0 Å². The van der Waals surface area contributed by atoms with Crippen molar-refractivity contribution >= 4 is 11.7 Å². The van der Waals surface area contributed by atoms with Crippen LogP contribution in [0.25, 0.3) is 11.3 Å². The summed E-state index contributed by atoms with van der Waals surface area (Å²) >= 11 is 0. The molecule has 0 aliphatic rings. The van der Waals surface area contributed by atoms with Gasteiger partial charge in [0.2, 0.25) is 5.76 Å². The molecule has 3 N–H and O–H groups in total. The number of hydrogen-bond acceptors (Lipinski definition) is 3. The Bertz CT molecular complexity index is 548. The van der Waals surface area contributed by atoms with Crippen molar-refractivity contribution in [3.05, 3.63) is 41.9 Å². The Labute approximate surface area is 90.1 Å². The SMILES string of the molecule is Nc1ccc(F)c(-c2ccc(C(=O)O)o2)c1. The van der Waals surface area contributed by atoms with Crippen LogP contribution in [0.5, 0.6) is 0 Å². The van der Waals surface area contributed by atoms with E-state index in [-0.39, 0.29) is 17.1 Å². The van der Waals surface area contributed by atoms with Crippen LogP contribution < -0.4 is 5.73 Å². The highest BCUT2D eigenvalue weighted by Gasteiger charge is 2.13. The number of halogens is 1. The van der Waals surface area contributed by atoms with Gasteiger partial charge in [0.1, 0.15) is 11.6 Å². The van der Waals surface area contributed by atoms with Crippen molar-refractivity contribution < 1.29 is 18.7 Å². The molecule has 0 unspecified atom stereocenters. The number of aromatic carboxylic acids is 1. The summed E-state index contributed by atoms with van der Waals surface area (Å²) in [5.74, 6) is -1.81. The van der Waals surface area contributed by atoms with Crippen LogP contribution >= 0.6 is 0 Å². The fourth-order valence-electron chi connectivity index (χ4n) is 1.33. The molecule has 82 valence electrons. The molecule has 0 amide bonds. The van der Waals surface area contributed by atoms with E-state index in [9.17, 15) is 9.18 Å². The molecule has 0 spiro atoms. The van der Waals surface area contributed by atoms with Crippen molar-refractivity contribution in [2.75, 3.05) is 5.73 Å². The van der Waals surface area contributed by atoms with Crippen LogP contribution in [0.3, 0.4) is 0 Å². The van der Waals surface area contributed by atoms with E-state index in [1.807, 2.05) is 0 Å². The van der Waals surface area contributed by atoms with Gasteiger partial charge in [-0.05, 0) is 30.3 Å². The summed E-state index contributed by atoms with van der Waals surface area (Å²) in [7, 11) is 0. The molecule has 0 bridgehead atoms. The topological polar surface area (TPSA) is 76.5 Å². The Morgan fingerprint density at radius 2 is 2.06 bits per heavy atom. The fourth-order valence-corrected chi connectivity index (χ4v) is 1.33. The van der Waals surface area contributed by atoms with E-state index in [0.29, 0.717) is 5.69 Å². The average molecular weight is 221 g/mol. The number of rotatable bonds is 2. The van der Waals surface area contributed by atoms with E-state index in [2.05, 4.69) is 0 Å². The van der Waals surface area contributed by atoms with Crippen molar-refractivity contribution in [1.82, 2.24) is 0 Å². The maximum Gasteiger partial charge on any atom is 0.371 e. The second kappa shape index (κ2) is 3.69. The quantitative estimate of drug-likeness (QED) is 0.763. The third kappa shape index (κ3) is 1.75. The number of carboxylic acid groups (broad SMARTS) is 1. The van der Waals surface area contributed by atoms with Gasteiger partial charge in [-0.25, -0.2) is 9.18 Å². The van der Waals surface area contributed by atoms with Gasteiger partial charge >= 0.3 is 5.97 Å². The fraction of sp³-hybridized carbons (Fsp3) is 0. The van der Waals surface area contributed by atoms with E-state index in [1.54, 1.807) is 0 Å². The van der Waals surface area contributed by atoms with Gasteiger partial charge in [0.05, 0.1) is 5.56 Å². The number of carbonyl (C=O) groups is 1. The maximum absolute atomic E-state index is 13.4. The van der Waals surface area contributed by atoms with E-state index in [4.69, 9.17) is 15.3 Å². The van der Waals surface area contributed by atoms with Crippen molar-refractivity contribution in [1.29, 1.82) is 0 Å². The summed E-state index contributed by atoms with van der Waals surface area (Å²) in [5.41, 5.74) is 6.03. The first kappa shape index (κ1) is 10.2. The number of nitrogen functional groups attached to an aromatic ring is 1. The molecule has 16 heavy (non-hydrogen) atoms. The third-order valence-corrected chi connectivity index (χ3v) is 2.07. The maximum atomic E-state index is 13.4. The Morgan fingerprint density at radius 1 is 1.31 bits per heavy atom. The molecule has 0 saturated heterocycles. The molecule has 1 aromatic heterocycles. The van der Waals surface area contributed by atoms with Gasteiger partial charge < -0.3 is 15.3 Å². The first-order valence-electron chi connectivity index (χ1n) is 4.46. The van der Waals surface area contributed by atoms with Gasteiger partial charge in [0, 0.05) is 5.69 Å². The lowest BCUT2D eigenvalue weighted by molar-refractivity contribution is 0.0663. The molecule has 5 heteroatoms. The molecular weight excluding hydrogens is 213 g/mol. The minimum Gasteiger partial charge on any atom is -0.475 e. The van der Waals surface area contributed by atoms with E-state index in [0.717, 1.165) is 0 Å². The second-order valence-corrected chi connectivity index (χ2v) is 3.21. The summed E-state index contributed by atoms with van der Waals surface area (Å²) in [6.07, 6.45) is 0. The van der Waals surface area contributed by atoms with Crippen molar-refractivity contribution in [3.8, 4) is 11.3 Å². The molecule has 2 aromatic rings. The molecule has 2 rings (SSSR count). The van der Waals surface area contributed by atoms with Gasteiger partial charge in [-0.1, -0.05) is 0 Å². The van der Waals surface area contributed by atoms with Crippen LogP contribution in [-0.2, 0) is 0 Å². The zero-order valence-electron chi connectivity index (χ0n) is 8.11. The average Bonchev–Trinajstić information content (AvgIpc) is 2.70. The van der Waals surface area contributed by atoms with Crippen LogP contribution in [0.1, 0.15) is 10.6 Å². The van der Waals surface area contributed by atoms with Gasteiger partial charge in [0.25, 0.3) is 0 Å².